The Kier molecular flexibility index (Phi) is 11.0. The monoisotopic (exact) mass is 239 g/mol. The van der Waals surface area contributed by atoms with Gasteiger partial charge >= 0.3 is 5.97 Å². The molecule has 17 heavy (non-hydrogen) atoms. The van der Waals surface area contributed by atoms with Gasteiger partial charge in [0.15, 0.2) is 0 Å². The van der Waals surface area contributed by atoms with E-state index in [2.05, 4.69) is 16.5 Å². The van der Waals surface area contributed by atoms with E-state index >= 15 is 0 Å². The molecule has 4 heteroatoms. The number of esters is 1. The van der Waals surface area contributed by atoms with Crippen LogP contribution in [0.3, 0.4) is 0 Å². The summed E-state index contributed by atoms with van der Waals surface area (Å²) < 4.78 is 4.59. The lowest BCUT2D eigenvalue weighted by Crippen LogP contribution is -2.06. The maximum atomic E-state index is 11.3. The molecule has 0 aromatic carbocycles. The molecular formula is C13H21NO3. The molecule has 0 radical (unpaired) electrons. The smallest absolute Gasteiger partial charge is 0.338 e. The van der Waals surface area contributed by atoms with Gasteiger partial charge in [-0.2, -0.15) is 0 Å². The molecule has 1 N–H and O–H groups in total. The lowest BCUT2D eigenvalue weighted by molar-refractivity contribution is -0.135. The summed E-state index contributed by atoms with van der Waals surface area (Å²) in [6.07, 6.45) is 4.48. The summed E-state index contributed by atoms with van der Waals surface area (Å²) in [7, 11) is 1.30. The molecule has 0 aliphatic carbocycles. The second-order valence-corrected chi connectivity index (χ2v) is 2.86. The third-order valence-corrected chi connectivity index (χ3v) is 1.72. The molecule has 0 fully saturated rings. The number of carbonyl (C=O) groups is 1. The van der Waals surface area contributed by atoms with Crippen molar-refractivity contribution in [2.75, 3.05) is 7.11 Å². The number of ether oxygens (including phenoxy) is 1. The van der Waals surface area contributed by atoms with Crippen LogP contribution in [0.4, 0.5) is 0 Å². The predicted octanol–water partition coefficient (Wildman–Crippen LogP) is 3.09. The minimum atomic E-state index is -0.465. The molecule has 0 aromatic heterocycles. The van der Waals surface area contributed by atoms with E-state index in [1.807, 2.05) is 13.8 Å². The van der Waals surface area contributed by atoms with Crippen molar-refractivity contribution in [2.45, 2.75) is 27.7 Å². The van der Waals surface area contributed by atoms with E-state index in [9.17, 15) is 4.79 Å². The zero-order valence-corrected chi connectivity index (χ0v) is 11.2. The van der Waals surface area contributed by atoms with Gasteiger partial charge < -0.3 is 9.94 Å². The Labute approximate surface area is 103 Å². The Bertz CT molecular complexity index is 339. The fourth-order valence-corrected chi connectivity index (χ4v) is 0.895. The van der Waals surface area contributed by atoms with Crippen molar-refractivity contribution in [3.05, 3.63) is 35.5 Å². The number of hydrogen-bond acceptors (Lipinski definition) is 4. The SMILES string of the molecule is C=C(C)\C(=C/C(/C=N/O)=C\C)C(=O)OC.CC. The van der Waals surface area contributed by atoms with E-state index in [1.165, 1.54) is 13.3 Å². The molecule has 0 unspecified atom stereocenters. The van der Waals surface area contributed by atoms with Crippen molar-refractivity contribution in [1.29, 1.82) is 0 Å². The Morgan fingerprint density at radius 1 is 1.41 bits per heavy atom. The van der Waals surface area contributed by atoms with Gasteiger partial charge in [0.25, 0.3) is 0 Å². The molecule has 0 saturated carbocycles. The third kappa shape index (κ3) is 7.11. The van der Waals surface area contributed by atoms with Gasteiger partial charge in [0.2, 0.25) is 0 Å². The van der Waals surface area contributed by atoms with Gasteiger partial charge in [-0.1, -0.05) is 31.7 Å². The molecule has 96 valence electrons. The van der Waals surface area contributed by atoms with Gasteiger partial charge in [0.1, 0.15) is 0 Å². The molecule has 0 heterocycles. The molecule has 0 saturated heterocycles. The fraction of sp³-hybridized carbons (Fsp3) is 0.385. The summed E-state index contributed by atoms with van der Waals surface area (Å²) in [5.41, 5.74) is 1.54. The van der Waals surface area contributed by atoms with Crippen molar-refractivity contribution in [1.82, 2.24) is 0 Å². The van der Waals surface area contributed by atoms with E-state index < -0.39 is 5.97 Å². The van der Waals surface area contributed by atoms with Gasteiger partial charge in [-0.05, 0) is 31.1 Å². The van der Waals surface area contributed by atoms with E-state index in [0.717, 1.165) is 0 Å². The summed E-state index contributed by atoms with van der Waals surface area (Å²) in [4.78, 5) is 11.3. The van der Waals surface area contributed by atoms with Crippen LogP contribution in [0.5, 0.6) is 0 Å². The molecule has 0 spiro atoms. The predicted molar refractivity (Wildman–Crippen MR) is 70.3 cm³/mol. The highest BCUT2D eigenvalue weighted by atomic mass is 16.5. The third-order valence-electron chi connectivity index (χ3n) is 1.72. The van der Waals surface area contributed by atoms with Gasteiger partial charge in [-0.25, -0.2) is 4.79 Å². The van der Waals surface area contributed by atoms with E-state index in [-0.39, 0.29) is 0 Å². The van der Waals surface area contributed by atoms with Crippen LogP contribution in [0, 0.1) is 0 Å². The normalized spacial score (nSPS) is 11.8. The van der Waals surface area contributed by atoms with Crippen LogP contribution in [0.15, 0.2) is 40.6 Å². The lowest BCUT2D eigenvalue weighted by Gasteiger charge is -2.04. The zero-order chi connectivity index (χ0) is 13.8. The lowest BCUT2D eigenvalue weighted by atomic mass is 10.1. The van der Waals surface area contributed by atoms with Crippen molar-refractivity contribution >= 4 is 12.2 Å². The Hall–Kier alpha value is -1.84. The first-order valence-electron chi connectivity index (χ1n) is 5.36. The maximum Gasteiger partial charge on any atom is 0.338 e. The first-order valence-corrected chi connectivity index (χ1v) is 5.36. The summed E-state index contributed by atoms with van der Waals surface area (Å²) >= 11 is 0. The standard InChI is InChI=1S/C11H15NO3.C2H6/c1-5-9(7-12-14)6-10(8(2)3)11(13)15-4;1-2/h5-7,14H,2H2,1,3-4H3;1-2H3/b9-5+,10-6+,12-7+;. The number of oxime groups is 1. The van der Waals surface area contributed by atoms with Crippen LogP contribution >= 0.6 is 0 Å². The Morgan fingerprint density at radius 2 is 1.94 bits per heavy atom. The van der Waals surface area contributed by atoms with Crippen molar-refractivity contribution in [2.24, 2.45) is 5.16 Å². The minimum Gasteiger partial charge on any atom is -0.465 e. The first-order chi connectivity index (χ1) is 8.06. The highest BCUT2D eigenvalue weighted by Gasteiger charge is 2.10. The molecule has 0 bridgehead atoms. The van der Waals surface area contributed by atoms with E-state index in [1.54, 1.807) is 26.0 Å². The average molecular weight is 239 g/mol. The largest absolute Gasteiger partial charge is 0.465 e. The molecule has 0 atom stereocenters. The Balaban J connectivity index is 0. The van der Waals surface area contributed by atoms with Crippen LogP contribution in [0.25, 0.3) is 0 Å². The zero-order valence-electron chi connectivity index (χ0n) is 11.2. The number of allylic oxidation sites excluding steroid dienone is 3. The van der Waals surface area contributed by atoms with Gasteiger partial charge in [-0.15, -0.1) is 0 Å². The molecule has 0 rings (SSSR count). The van der Waals surface area contributed by atoms with E-state index in [0.29, 0.717) is 16.7 Å². The molecule has 0 aliphatic rings. The van der Waals surface area contributed by atoms with Gasteiger partial charge in [-0.3, -0.25) is 0 Å². The van der Waals surface area contributed by atoms with Crippen molar-refractivity contribution < 1.29 is 14.7 Å². The molecule has 0 aliphatic heterocycles. The fourth-order valence-electron chi connectivity index (χ4n) is 0.895. The molecule has 0 aromatic rings. The number of hydrogen-bond donors (Lipinski definition) is 1. The number of carbonyl (C=O) groups excluding carboxylic acids is 1. The average Bonchev–Trinajstić information content (AvgIpc) is 2.35. The summed E-state index contributed by atoms with van der Waals surface area (Å²) in [5, 5.41) is 11.3. The second kappa shape index (κ2) is 10.7. The Morgan fingerprint density at radius 3 is 2.24 bits per heavy atom. The summed E-state index contributed by atoms with van der Waals surface area (Å²) in [6, 6.07) is 0. The second-order valence-electron chi connectivity index (χ2n) is 2.86. The number of nitrogens with zero attached hydrogens (tertiary/aromatic N) is 1. The van der Waals surface area contributed by atoms with Crippen LogP contribution in [-0.2, 0) is 9.53 Å². The maximum absolute atomic E-state index is 11.3. The van der Waals surface area contributed by atoms with Crippen LogP contribution in [0.2, 0.25) is 0 Å². The van der Waals surface area contributed by atoms with Crippen molar-refractivity contribution in [3.63, 3.8) is 0 Å². The van der Waals surface area contributed by atoms with Crippen LogP contribution in [-0.4, -0.2) is 24.5 Å². The molecule has 4 nitrogen and oxygen atoms in total. The first kappa shape index (κ1) is 17.6. The van der Waals surface area contributed by atoms with Gasteiger partial charge in [0.05, 0.1) is 18.9 Å². The number of rotatable bonds is 4. The van der Waals surface area contributed by atoms with Crippen molar-refractivity contribution in [3.8, 4) is 0 Å². The van der Waals surface area contributed by atoms with Crippen LogP contribution in [0.1, 0.15) is 27.7 Å². The van der Waals surface area contributed by atoms with Gasteiger partial charge in [0, 0.05) is 0 Å². The topological polar surface area (TPSA) is 58.9 Å². The highest BCUT2D eigenvalue weighted by Crippen LogP contribution is 2.11. The van der Waals surface area contributed by atoms with Crippen LogP contribution < -0.4 is 0 Å². The molecular weight excluding hydrogens is 218 g/mol. The number of methoxy groups -OCH3 is 1. The minimum absolute atomic E-state index is 0.352. The summed E-state index contributed by atoms with van der Waals surface area (Å²) in [5.74, 6) is -0.465. The molecule has 0 amide bonds. The van der Waals surface area contributed by atoms with E-state index in [4.69, 9.17) is 5.21 Å². The quantitative estimate of drug-likeness (QED) is 0.205. The highest BCUT2D eigenvalue weighted by molar-refractivity contribution is 5.96. The summed E-state index contributed by atoms with van der Waals surface area (Å²) in [6.45, 7) is 11.1.